The summed E-state index contributed by atoms with van der Waals surface area (Å²) in [5, 5.41) is 20.1. The van der Waals surface area contributed by atoms with Gasteiger partial charge in [-0.25, -0.2) is 4.79 Å². The van der Waals surface area contributed by atoms with Crippen molar-refractivity contribution < 1.29 is 24.5 Å². The Morgan fingerprint density at radius 2 is 2.25 bits per heavy atom. The summed E-state index contributed by atoms with van der Waals surface area (Å²) in [6.07, 6.45) is 5.29. The Morgan fingerprint density at radius 3 is 2.89 bits per heavy atom. The van der Waals surface area contributed by atoms with Gasteiger partial charge in [0.05, 0.1) is 18.6 Å². The Morgan fingerprint density at radius 1 is 1.46 bits per heavy atom. The number of rotatable bonds is 3. The highest BCUT2D eigenvalue weighted by Gasteiger charge is 2.52. The minimum absolute atomic E-state index is 0.00838. The van der Waals surface area contributed by atoms with E-state index in [0.29, 0.717) is 13.0 Å². The molecule has 3 N–H and O–H groups in total. The summed E-state index contributed by atoms with van der Waals surface area (Å²) in [5.41, 5.74) is 2.48. The lowest BCUT2D eigenvalue weighted by Crippen LogP contribution is -2.42. The molecule has 4 rings (SSSR count). The van der Waals surface area contributed by atoms with Crippen LogP contribution < -0.4 is 14.8 Å². The van der Waals surface area contributed by atoms with Gasteiger partial charge in [0.25, 0.3) is 0 Å². The number of carboxylic acid groups (broad SMARTS) is 1. The molecule has 154 valence electrons. The first-order chi connectivity index (χ1) is 13.4. The predicted molar refractivity (Wildman–Crippen MR) is 106 cm³/mol. The Bertz CT molecular complexity index is 751. The maximum Gasteiger partial charge on any atom is 0.404 e. The van der Waals surface area contributed by atoms with Crippen molar-refractivity contribution in [2.45, 2.75) is 50.4 Å². The lowest BCUT2D eigenvalue weighted by molar-refractivity contribution is 0.0821. The second-order valence-corrected chi connectivity index (χ2v) is 7.66. The molecule has 0 fully saturated rings. The molecule has 2 heterocycles. The molecule has 3 atom stereocenters. The maximum atomic E-state index is 9.97. The van der Waals surface area contributed by atoms with Gasteiger partial charge in [-0.2, -0.15) is 0 Å². The van der Waals surface area contributed by atoms with Gasteiger partial charge in [0, 0.05) is 25.1 Å². The summed E-state index contributed by atoms with van der Waals surface area (Å²) < 4.78 is 11.8. The zero-order valence-corrected chi connectivity index (χ0v) is 16.8. The van der Waals surface area contributed by atoms with Gasteiger partial charge in [0.1, 0.15) is 6.10 Å². The summed E-state index contributed by atoms with van der Waals surface area (Å²) in [5.74, 6) is 1.68. The fraction of sp³-hybridized carbons (Fsp3) is 0.571. The van der Waals surface area contributed by atoms with Crippen molar-refractivity contribution in [2.75, 3.05) is 27.2 Å². The lowest BCUT2D eigenvalue weighted by Gasteiger charge is -2.35. The van der Waals surface area contributed by atoms with Crippen LogP contribution in [-0.2, 0) is 12.0 Å². The van der Waals surface area contributed by atoms with Gasteiger partial charge in [0.15, 0.2) is 11.5 Å². The summed E-state index contributed by atoms with van der Waals surface area (Å²) in [7, 11) is 3.84. The molecule has 7 nitrogen and oxygen atoms in total. The number of carbonyl (C=O) groups is 1. The van der Waals surface area contributed by atoms with Crippen molar-refractivity contribution in [1.29, 1.82) is 0 Å². The highest BCUT2D eigenvalue weighted by Crippen LogP contribution is 2.55. The number of nitrogens with zero attached hydrogens (tertiary/aromatic N) is 1. The average Bonchev–Trinajstić information content (AvgIpc) is 2.92. The molecule has 0 radical (unpaired) electrons. The van der Waals surface area contributed by atoms with Crippen LogP contribution in [0.5, 0.6) is 11.5 Å². The van der Waals surface area contributed by atoms with E-state index in [2.05, 4.69) is 29.4 Å². The number of amides is 1. The molecule has 3 aliphatic rings. The molecule has 7 heteroatoms. The number of hydrogen-bond acceptors (Lipinski definition) is 5. The number of nitrogens with one attached hydrogen (secondary N) is 1. The molecule has 1 spiro atoms. The van der Waals surface area contributed by atoms with E-state index in [-0.39, 0.29) is 11.5 Å². The van der Waals surface area contributed by atoms with E-state index in [0.717, 1.165) is 37.4 Å². The molecule has 1 aliphatic carbocycles. The van der Waals surface area contributed by atoms with E-state index in [9.17, 15) is 9.90 Å². The Labute approximate surface area is 165 Å². The van der Waals surface area contributed by atoms with Gasteiger partial charge in [-0.3, -0.25) is 0 Å². The quantitative estimate of drug-likeness (QED) is 0.687. The normalized spacial score (nSPS) is 27.4. The molecule has 0 aromatic heterocycles. The molecular weight excluding hydrogens is 360 g/mol. The first-order valence-electron chi connectivity index (χ1n) is 9.81. The van der Waals surface area contributed by atoms with Crippen molar-refractivity contribution in [1.82, 2.24) is 10.2 Å². The molecule has 1 amide bonds. The van der Waals surface area contributed by atoms with Crippen molar-refractivity contribution in [3.63, 3.8) is 0 Å². The zero-order chi connectivity index (χ0) is 20.3. The average molecular weight is 390 g/mol. The fourth-order valence-electron chi connectivity index (χ4n) is 4.31. The highest BCUT2D eigenvalue weighted by molar-refractivity contribution is 5.64. The van der Waals surface area contributed by atoms with E-state index in [4.69, 9.17) is 14.6 Å². The number of aliphatic hydroxyl groups is 1. The van der Waals surface area contributed by atoms with E-state index in [1.54, 1.807) is 7.11 Å². The SMILES string of the molecule is CCCNC(=O)O.COc1ccc2c3c1O[C@H]1C[C@@H](O)C=C[C@@]31CCN(C)C2. The van der Waals surface area contributed by atoms with Crippen molar-refractivity contribution in [3.8, 4) is 11.5 Å². The summed E-state index contributed by atoms with van der Waals surface area (Å²) in [6.45, 7) is 4.42. The fourth-order valence-corrected chi connectivity index (χ4v) is 4.31. The van der Waals surface area contributed by atoms with Crippen LogP contribution in [0, 0.1) is 0 Å². The molecule has 0 saturated carbocycles. The van der Waals surface area contributed by atoms with Gasteiger partial charge in [-0.1, -0.05) is 25.1 Å². The van der Waals surface area contributed by atoms with E-state index >= 15 is 0 Å². The minimum Gasteiger partial charge on any atom is -0.493 e. The summed E-state index contributed by atoms with van der Waals surface area (Å²) >= 11 is 0. The van der Waals surface area contributed by atoms with Crippen molar-refractivity contribution in [2.24, 2.45) is 0 Å². The standard InChI is InChI=1S/C17H21NO3.C4H9NO2/c1-18-8-7-17-6-5-12(19)9-14(17)21-16-13(20-2)4-3-11(10-18)15(16)17;1-2-3-5-4(6)7/h3-6,12,14,19H,7-10H2,1-2H3;5H,2-3H2,1H3,(H,6,7)/t12-,14-,17-;/m0./s1. The van der Waals surface area contributed by atoms with E-state index < -0.39 is 12.2 Å². The first-order valence-corrected chi connectivity index (χ1v) is 9.81. The van der Waals surface area contributed by atoms with Crippen LogP contribution in [0.1, 0.15) is 37.3 Å². The van der Waals surface area contributed by atoms with Crippen LogP contribution in [0.2, 0.25) is 0 Å². The van der Waals surface area contributed by atoms with Crippen LogP contribution in [0.3, 0.4) is 0 Å². The van der Waals surface area contributed by atoms with Crippen LogP contribution in [0.4, 0.5) is 4.79 Å². The van der Waals surface area contributed by atoms with Gasteiger partial charge >= 0.3 is 6.09 Å². The third-order valence-electron chi connectivity index (χ3n) is 5.67. The zero-order valence-electron chi connectivity index (χ0n) is 16.8. The molecule has 1 aromatic rings. The molecular formula is C21H30N2O5. The van der Waals surface area contributed by atoms with Crippen LogP contribution in [-0.4, -0.2) is 60.7 Å². The number of hydrogen-bond donors (Lipinski definition) is 3. The first kappa shape index (κ1) is 20.5. The second kappa shape index (κ2) is 8.41. The van der Waals surface area contributed by atoms with Gasteiger partial charge in [-0.15, -0.1) is 0 Å². The van der Waals surface area contributed by atoms with Crippen molar-refractivity contribution in [3.05, 3.63) is 35.4 Å². The predicted octanol–water partition coefficient (Wildman–Crippen LogP) is 2.51. The molecule has 0 bridgehead atoms. The van der Waals surface area contributed by atoms with Gasteiger partial charge < -0.3 is 29.9 Å². The van der Waals surface area contributed by atoms with E-state index in [1.807, 2.05) is 19.1 Å². The van der Waals surface area contributed by atoms with Crippen molar-refractivity contribution >= 4 is 6.09 Å². The maximum absolute atomic E-state index is 9.97. The molecule has 2 aliphatic heterocycles. The largest absolute Gasteiger partial charge is 0.493 e. The van der Waals surface area contributed by atoms with Crippen LogP contribution in [0.15, 0.2) is 24.3 Å². The molecule has 0 saturated heterocycles. The number of methoxy groups -OCH3 is 1. The highest BCUT2D eigenvalue weighted by atomic mass is 16.5. The number of ether oxygens (including phenoxy) is 2. The topological polar surface area (TPSA) is 91.3 Å². The second-order valence-electron chi connectivity index (χ2n) is 7.66. The number of aliphatic hydroxyl groups excluding tert-OH is 1. The molecule has 28 heavy (non-hydrogen) atoms. The van der Waals surface area contributed by atoms with Crippen LogP contribution >= 0.6 is 0 Å². The third kappa shape index (κ3) is 3.82. The van der Waals surface area contributed by atoms with Gasteiger partial charge in [-0.05, 0) is 38.1 Å². The van der Waals surface area contributed by atoms with Crippen LogP contribution in [0.25, 0.3) is 0 Å². The third-order valence-corrected chi connectivity index (χ3v) is 5.67. The lowest BCUT2D eigenvalue weighted by atomic mass is 9.69. The molecule has 0 unspecified atom stereocenters. The summed E-state index contributed by atoms with van der Waals surface area (Å²) in [4.78, 5) is 12.0. The summed E-state index contributed by atoms with van der Waals surface area (Å²) in [6, 6.07) is 4.16. The molecule has 1 aromatic carbocycles. The van der Waals surface area contributed by atoms with E-state index in [1.165, 1.54) is 11.1 Å². The Kier molecular flexibility index (Phi) is 6.15. The number of benzene rings is 1. The van der Waals surface area contributed by atoms with Gasteiger partial charge in [0.2, 0.25) is 0 Å². The Balaban J connectivity index is 0.000000279. The minimum atomic E-state index is -0.943. The monoisotopic (exact) mass is 390 g/mol. The smallest absolute Gasteiger partial charge is 0.404 e. The Hall–Kier alpha value is -2.25.